The molecule has 0 saturated carbocycles. The van der Waals surface area contributed by atoms with Gasteiger partial charge in [0.25, 0.3) is 0 Å². The van der Waals surface area contributed by atoms with Crippen molar-refractivity contribution in [1.82, 2.24) is 0 Å². The van der Waals surface area contributed by atoms with Crippen LogP contribution in [-0.4, -0.2) is 26.0 Å². The summed E-state index contributed by atoms with van der Waals surface area (Å²) >= 11 is 0. The first-order chi connectivity index (χ1) is 7.61. The number of para-hydroxylation sites is 2. The van der Waals surface area contributed by atoms with Gasteiger partial charge in [-0.3, -0.25) is 4.79 Å². The van der Waals surface area contributed by atoms with Crippen LogP contribution in [0.4, 0.5) is 11.4 Å². The van der Waals surface area contributed by atoms with E-state index in [1.54, 1.807) is 0 Å². The number of nitrogens with zero attached hydrogens (tertiary/aromatic N) is 2. The molecule has 86 valence electrons. The van der Waals surface area contributed by atoms with Crippen LogP contribution in [0.1, 0.15) is 13.8 Å². The average molecular weight is 218 g/mol. The minimum Gasteiger partial charge on any atom is -0.371 e. The SMILES string of the molecule is CC(C)C(=O)N1CCN(C)c2ccccc21. The summed E-state index contributed by atoms with van der Waals surface area (Å²) in [6.45, 7) is 5.58. The fraction of sp³-hybridized carbons (Fsp3) is 0.462. The van der Waals surface area contributed by atoms with E-state index >= 15 is 0 Å². The molecule has 0 atom stereocenters. The Bertz CT molecular complexity index is 401. The lowest BCUT2D eigenvalue weighted by Crippen LogP contribution is -2.44. The molecule has 1 aromatic rings. The fourth-order valence-corrected chi connectivity index (χ4v) is 2.05. The first-order valence-corrected chi connectivity index (χ1v) is 5.73. The van der Waals surface area contributed by atoms with E-state index in [1.165, 1.54) is 0 Å². The summed E-state index contributed by atoms with van der Waals surface area (Å²) in [5, 5.41) is 0. The summed E-state index contributed by atoms with van der Waals surface area (Å²) in [7, 11) is 2.07. The third-order valence-corrected chi connectivity index (χ3v) is 3.00. The van der Waals surface area contributed by atoms with Crippen molar-refractivity contribution in [2.75, 3.05) is 29.9 Å². The summed E-state index contributed by atoms with van der Waals surface area (Å²) in [5.41, 5.74) is 2.18. The molecular weight excluding hydrogens is 200 g/mol. The van der Waals surface area contributed by atoms with Gasteiger partial charge in [-0.15, -0.1) is 0 Å². The number of hydrogen-bond acceptors (Lipinski definition) is 2. The average Bonchev–Trinajstić information content (AvgIpc) is 2.29. The molecule has 0 N–H and O–H groups in total. The van der Waals surface area contributed by atoms with Gasteiger partial charge in [0.15, 0.2) is 0 Å². The highest BCUT2D eigenvalue weighted by atomic mass is 16.2. The molecular formula is C13H18N2O. The second-order valence-corrected chi connectivity index (χ2v) is 4.55. The van der Waals surface area contributed by atoms with Crippen molar-refractivity contribution in [3.05, 3.63) is 24.3 Å². The van der Waals surface area contributed by atoms with Crippen molar-refractivity contribution in [3.8, 4) is 0 Å². The Hall–Kier alpha value is -1.51. The maximum atomic E-state index is 12.1. The van der Waals surface area contributed by atoms with Crippen molar-refractivity contribution in [2.45, 2.75) is 13.8 Å². The Balaban J connectivity index is 2.38. The molecule has 0 bridgehead atoms. The predicted octanol–water partition coefficient (Wildman–Crippen LogP) is 2.13. The Morgan fingerprint density at radius 3 is 2.44 bits per heavy atom. The Morgan fingerprint density at radius 1 is 1.19 bits per heavy atom. The molecule has 0 saturated heterocycles. The van der Waals surface area contributed by atoms with Crippen molar-refractivity contribution >= 4 is 17.3 Å². The molecule has 1 heterocycles. The van der Waals surface area contributed by atoms with Gasteiger partial charge in [0.05, 0.1) is 11.4 Å². The summed E-state index contributed by atoms with van der Waals surface area (Å²) in [6, 6.07) is 8.08. The lowest BCUT2D eigenvalue weighted by Gasteiger charge is -2.36. The summed E-state index contributed by atoms with van der Waals surface area (Å²) in [6.07, 6.45) is 0. The van der Waals surface area contributed by atoms with Crippen LogP contribution in [0.5, 0.6) is 0 Å². The monoisotopic (exact) mass is 218 g/mol. The van der Waals surface area contributed by atoms with E-state index in [9.17, 15) is 4.79 Å². The third-order valence-electron chi connectivity index (χ3n) is 3.00. The van der Waals surface area contributed by atoms with E-state index < -0.39 is 0 Å². The van der Waals surface area contributed by atoms with Crippen molar-refractivity contribution < 1.29 is 4.79 Å². The maximum Gasteiger partial charge on any atom is 0.229 e. The van der Waals surface area contributed by atoms with Crippen LogP contribution in [0.15, 0.2) is 24.3 Å². The van der Waals surface area contributed by atoms with Crippen molar-refractivity contribution in [2.24, 2.45) is 5.92 Å². The van der Waals surface area contributed by atoms with Crippen LogP contribution in [0, 0.1) is 5.92 Å². The summed E-state index contributed by atoms with van der Waals surface area (Å²) in [5.74, 6) is 0.261. The molecule has 0 radical (unpaired) electrons. The van der Waals surface area contributed by atoms with Crippen LogP contribution in [0.25, 0.3) is 0 Å². The quantitative estimate of drug-likeness (QED) is 0.721. The van der Waals surface area contributed by atoms with Gasteiger partial charge in [-0.25, -0.2) is 0 Å². The third kappa shape index (κ3) is 1.77. The van der Waals surface area contributed by atoms with E-state index in [0.29, 0.717) is 0 Å². The lowest BCUT2D eigenvalue weighted by atomic mass is 10.1. The van der Waals surface area contributed by atoms with Gasteiger partial charge >= 0.3 is 0 Å². The molecule has 2 rings (SSSR count). The van der Waals surface area contributed by atoms with Crippen LogP contribution in [-0.2, 0) is 4.79 Å². The van der Waals surface area contributed by atoms with E-state index in [-0.39, 0.29) is 11.8 Å². The second kappa shape index (κ2) is 4.16. The molecule has 0 unspecified atom stereocenters. The molecule has 1 aliphatic rings. The largest absolute Gasteiger partial charge is 0.371 e. The fourth-order valence-electron chi connectivity index (χ4n) is 2.05. The minimum atomic E-state index is 0.0523. The van der Waals surface area contributed by atoms with Gasteiger partial charge < -0.3 is 9.80 Å². The molecule has 1 aliphatic heterocycles. The molecule has 0 aliphatic carbocycles. The smallest absolute Gasteiger partial charge is 0.229 e. The Labute approximate surface area is 96.7 Å². The molecule has 0 spiro atoms. The number of carbonyl (C=O) groups is 1. The van der Waals surface area contributed by atoms with Gasteiger partial charge in [-0.1, -0.05) is 26.0 Å². The number of rotatable bonds is 1. The lowest BCUT2D eigenvalue weighted by molar-refractivity contribution is -0.121. The number of anilines is 2. The van der Waals surface area contributed by atoms with Crippen LogP contribution >= 0.6 is 0 Å². The molecule has 0 fully saturated rings. The summed E-state index contributed by atoms with van der Waals surface area (Å²) < 4.78 is 0. The molecule has 16 heavy (non-hydrogen) atoms. The number of amides is 1. The normalized spacial score (nSPS) is 15.2. The number of benzene rings is 1. The van der Waals surface area contributed by atoms with Crippen molar-refractivity contribution in [3.63, 3.8) is 0 Å². The molecule has 1 amide bonds. The molecule has 0 aromatic heterocycles. The van der Waals surface area contributed by atoms with Crippen LogP contribution in [0.3, 0.4) is 0 Å². The summed E-state index contributed by atoms with van der Waals surface area (Å²) in [4.78, 5) is 16.2. The topological polar surface area (TPSA) is 23.6 Å². The van der Waals surface area contributed by atoms with E-state index in [0.717, 1.165) is 24.5 Å². The van der Waals surface area contributed by atoms with E-state index in [2.05, 4.69) is 18.0 Å². The number of hydrogen-bond donors (Lipinski definition) is 0. The first kappa shape index (κ1) is 11.0. The standard InChI is InChI=1S/C13H18N2O/c1-10(2)13(16)15-9-8-14(3)11-6-4-5-7-12(11)15/h4-7,10H,8-9H2,1-3H3. The highest BCUT2D eigenvalue weighted by Crippen LogP contribution is 2.32. The van der Waals surface area contributed by atoms with Gasteiger partial charge in [-0.05, 0) is 12.1 Å². The van der Waals surface area contributed by atoms with E-state index in [1.807, 2.05) is 36.9 Å². The van der Waals surface area contributed by atoms with Crippen molar-refractivity contribution in [1.29, 1.82) is 0 Å². The van der Waals surface area contributed by atoms with Gasteiger partial charge in [-0.2, -0.15) is 0 Å². The zero-order valence-corrected chi connectivity index (χ0v) is 10.1. The number of carbonyl (C=O) groups excluding carboxylic acids is 1. The van der Waals surface area contributed by atoms with Crippen LogP contribution in [0.2, 0.25) is 0 Å². The predicted molar refractivity (Wildman–Crippen MR) is 66.9 cm³/mol. The highest BCUT2D eigenvalue weighted by molar-refractivity contribution is 5.98. The number of fused-ring (bicyclic) bond motifs is 1. The van der Waals surface area contributed by atoms with Crippen LogP contribution < -0.4 is 9.80 Å². The highest BCUT2D eigenvalue weighted by Gasteiger charge is 2.25. The van der Waals surface area contributed by atoms with Gasteiger partial charge in [0.2, 0.25) is 5.91 Å². The first-order valence-electron chi connectivity index (χ1n) is 5.73. The second-order valence-electron chi connectivity index (χ2n) is 4.55. The molecule has 1 aromatic carbocycles. The van der Waals surface area contributed by atoms with E-state index in [4.69, 9.17) is 0 Å². The zero-order valence-electron chi connectivity index (χ0n) is 10.1. The minimum absolute atomic E-state index is 0.0523. The van der Waals surface area contributed by atoms with Gasteiger partial charge in [0.1, 0.15) is 0 Å². The number of likely N-dealkylation sites (N-methyl/N-ethyl adjacent to an activating group) is 1. The molecule has 3 nitrogen and oxygen atoms in total. The Morgan fingerprint density at radius 2 is 1.81 bits per heavy atom. The molecule has 3 heteroatoms. The zero-order chi connectivity index (χ0) is 11.7. The Kier molecular flexibility index (Phi) is 2.86. The van der Waals surface area contributed by atoms with Gasteiger partial charge in [0, 0.05) is 26.1 Å². The maximum absolute atomic E-state index is 12.1.